The highest BCUT2D eigenvalue weighted by Gasteiger charge is 2.15. The highest BCUT2D eigenvalue weighted by atomic mass is 15.1. The number of hydrogen-bond acceptors (Lipinski definition) is 4. The van der Waals surface area contributed by atoms with Crippen molar-refractivity contribution in [3.8, 4) is 22.3 Å². The van der Waals surface area contributed by atoms with E-state index in [4.69, 9.17) is 0 Å². The van der Waals surface area contributed by atoms with E-state index in [0.29, 0.717) is 0 Å². The van der Waals surface area contributed by atoms with Gasteiger partial charge in [-0.3, -0.25) is 9.97 Å². The first-order valence-corrected chi connectivity index (χ1v) is 10.2. The smallest absolute Gasteiger partial charge is 0.0477 e. The molecule has 0 spiro atoms. The summed E-state index contributed by atoms with van der Waals surface area (Å²) in [6.45, 7) is 1.63. The molecule has 5 rings (SSSR count). The van der Waals surface area contributed by atoms with Crippen LogP contribution in [0.1, 0.15) is 11.1 Å². The highest BCUT2D eigenvalue weighted by Crippen LogP contribution is 2.34. The van der Waals surface area contributed by atoms with Crippen molar-refractivity contribution in [1.82, 2.24) is 9.97 Å². The Morgan fingerprint density at radius 2 is 1.10 bits per heavy atom. The van der Waals surface area contributed by atoms with Gasteiger partial charge in [0.2, 0.25) is 0 Å². The first kappa shape index (κ1) is 18.4. The lowest BCUT2D eigenvalue weighted by atomic mass is 9.99. The first-order valence-electron chi connectivity index (χ1n) is 10.2. The number of rotatable bonds is 0. The molecule has 2 aromatic heterocycles. The lowest BCUT2D eigenvalue weighted by Crippen LogP contribution is -2.19. The lowest BCUT2D eigenvalue weighted by molar-refractivity contribution is 0.915. The molecule has 3 heterocycles. The van der Waals surface area contributed by atoms with Gasteiger partial charge in [0.1, 0.15) is 0 Å². The van der Waals surface area contributed by atoms with Gasteiger partial charge in [-0.15, -0.1) is 0 Å². The van der Waals surface area contributed by atoms with Crippen molar-refractivity contribution in [2.24, 2.45) is 0 Å². The Balaban J connectivity index is 1.71. The number of hydrogen-bond donors (Lipinski definition) is 0. The molecule has 0 amide bonds. The summed E-state index contributed by atoms with van der Waals surface area (Å²) in [5.74, 6) is 0. The first-order chi connectivity index (χ1) is 14.7. The van der Waals surface area contributed by atoms with Crippen LogP contribution in [0.5, 0.6) is 0 Å². The molecule has 4 heteroatoms. The molecule has 0 radical (unpaired) electrons. The van der Waals surface area contributed by atoms with E-state index in [-0.39, 0.29) is 0 Å². The number of benzene rings is 2. The summed E-state index contributed by atoms with van der Waals surface area (Å²) < 4.78 is 0. The van der Waals surface area contributed by atoms with E-state index < -0.39 is 0 Å². The van der Waals surface area contributed by atoms with E-state index in [1.165, 1.54) is 33.6 Å². The molecule has 0 saturated carbocycles. The monoisotopic (exact) mass is 392 g/mol. The molecule has 0 fully saturated rings. The van der Waals surface area contributed by atoms with Crippen molar-refractivity contribution in [2.75, 3.05) is 23.9 Å². The molecule has 4 bridgehead atoms. The molecule has 1 aliphatic rings. The molecule has 0 unspecified atom stereocenters. The van der Waals surface area contributed by atoms with Gasteiger partial charge in [0.15, 0.2) is 0 Å². The van der Waals surface area contributed by atoms with Crippen LogP contribution in [0.4, 0.5) is 11.4 Å². The van der Waals surface area contributed by atoms with Gasteiger partial charge in [-0.05, 0) is 46.5 Å². The normalized spacial score (nSPS) is 13.3. The van der Waals surface area contributed by atoms with Gasteiger partial charge >= 0.3 is 0 Å². The number of pyridine rings is 2. The van der Waals surface area contributed by atoms with Crippen LogP contribution in [-0.2, 0) is 13.1 Å². The largest absolute Gasteiger partial charge is 0.370 e. The molecule has 148 valence electrons. The minimum atomic E-state index is 0.815. The summed E-state index contributed by atoms with van der Waals surface area (Å²) in [4.78, 5) is 13.4. The third kappa shape index (κ3) is 3.41. The SMILES string of the molecule is CN1Cc2cccc(c2)-c2cnccc2N(C)Cc2cccc(c2)-c2cnccc21. The zero-order valence-electron chi connectivity index (χ0n) is 17.3. The van der Waals surface area contributed by atoms with Gasteiger partial charge in [0.25, 0.3) is 0 Å². The van der Waals surface area contributed by atoms with Gasteiger partial charge in [-0.25, -0.2) is 0 Å². The van der Waals surface area contributed by atoms with Gasteiger partial charge in [-0.2, -0.15) is 0 Å². The van der Waals surface area contributed by atoms with E-state index in [2.05, 4.69) is 94.5 Å². The van der Waals surface area contributed by atoms with Gasteiger partial charge in [0, 0.05) is 74.5 Å². The van der Waals surface area contributed by atoms with Crippen LogP contribution in [-0.4, -0.2) is 24.1 Å². The van der Waals surface area contributed by atoms with E-state index >= 15 is 0 Å². The number of fused-ring (bicyclic) bond motifs is 8. The van der Waals surface area contributed by atoms with Gasteiger partial charge in [-0.1, -0.05) is 36.4 Å². The quantitative estimate of drug-likeness (QED) is 0.401. The molecule has 0 saturated heterocycles. The summed E-state index contributed by atoms with van der Waals surface area (Å²) in [6.07, 6.45) is 7.68. The maximum Gasteiger partial charge on any atom is 0.0477 e. The second kappa shape index (κ2) is 7.64. The molecule has 4 nitrogen and oxygen atoms in total. The van der Waals surface area contributed by atoms with Crippen LogP contribution in [0.15, 0.2) is 85.5 Å². The zero-order valence-corrected chi connectivity index (χ0v) is 17.3. The second-order valence-electron chi connectivity index (χ2n) is 7.90. The molecule has 0 aliphatic carbocycles. The van der Waals surface area contributed by atoms with Crippen LogP contribution in [0.3, 0.4) is 0 Å². The fourth-order valence-corrected chi connectivity index (χ4v) is 4.28. The van der Waals surface area contributed by atoms with Crippen LogP contribution in [0, 0.1) is 0 Å². The fourth-order valence-electron chi connectivity index (χ4n) is 4.28. The van der Waals surface area contributed by atoms with Crippen LogP contribution in [0.25, 0.3) is 22.3 Å². The predicted octanol–water partition coefficient (Wildman–Crippen LogP) is 5.40. The predicted molar refractivity (Wildman–Crippen MR) is 124 cm³/mol. The topological polar surface area (TPSA) is 32.3 Å². The van der Waals surface area contributed by atoms with E-state index in [0.717, 1.165) is 24.2 Å². The van der Waals surface area contributed by atoms with Crippen LogP contribution >= 0.6 is 0 Å². The standard InChI is InChI=1S/C26H24N4/c1-29-17-19-5-3-8-22(13-19)24-16-28-12-10-26(24)30(2)18-20-6-4-7-21(14-20)23-15-27-11-9-25(23)29/h3-16H,17-18H2,1-2H3. The molecule has 4 aromatic rings. The summed E-state index contributed by atoms with van der Waals surface area (Å²) in [7, 11) is 4.29. The summed E-state index contributed by atoms with van der Waals surface area (Å²) in [5.41, 5.74) is 9.58. The molecular formula is C26H24N4. The Kier molecular flexibility index (Phi) is 4.68. The van der Waals surface area contributed by atoms with Crippen molar-refractivity contribution in [2.45, 2.75) is 13.1 Å². The molecule has 30 heavy (non-hydrogen) atoms. The molecular weight excluding hydrogens is 368 g/mol. The maximum absolute atomic E-state index is 4.41. The van der Waals surface area contributed by atoms with Crippen molar-refractivity contribution in [3.63, 3.8) is 0 Å². The summed E-state index contributed by atoms with van der Waals surface area (Å²) in [6, 6.07) is 21.7. The number of nitrogens with zero attached hydrogens (tertiary/aromatic N) is 4. The maximum atomic E-state index is 4.41. The second-order valence-corrected chi connectivity index (χ2v) is 7.90. The molecule has 0 atom stereocenters. The van der Waals surface area contributed by atoms with Crippen molar-refractivity contribution < 1.29 is 0 Å². The Bertz CT molecular complexity index is 1110. The zero-order chi connectivity index (χ0) is 20.5. The van der Waals surface area contributed by atoms with E-state index in [1.54, 1.807) is 0 Å². The third-order valence-corrected chi connectivity index (χ3v) is 5.73. The van der Waals surface area contributed by atoms with Gasteiger partial charge < -0.3 is 9.80 Å². The molecule has 2 aromatic carbocycles. The van der Waals surface area contributed by atoms with Crippen molar-refractivity contribution in [1.29, 1.82) is 0 Å². The summed E-state index contributed by atoms with van der Waals surface area (Å²) >= 11 is 0. The number of aromatic nitrogens is 2. The Morgan fingerprint density at radius 3 is 1.57 bits per heavy atom. The van der Waals surface area contributed by atoms with Crippen molar-refractivity contribution in [3.05, 3.63) is 96.6 Å². The Labute approximate surface area is 177 Å². The Hall–Kier alpha value is -3.66. The summed E-state index contributed by atoms with van der Waals surface area (Å²) in [5, 5.41) is 0. The van der Waals surface area contributed by atoms with Crippen LogP contribution < -0.4 is 9.80 Å². The lowest BCUT2D eigenvalue weighted by Gasteiger charge is -2.25. The fraction of sp³-hybridized carbons (Fsp3) is 0.154. The molecule has 0 N–H and O–H groups in total. The molecule has 1 aliphatic heterocycles. The highest BCUT2D eigenvalue weighted by molar-refractivity contribution is 5.80. The minimum absolute atomic E-state index is 0.815. The number of anilines is 2. The minimum Gasteiger partial charge on any atom is -0.370 e. The van der Waals surface area contributed by atoms with E-state index in [1.807, 2.05) is 24.8 Å². The average molecular weight is 393 g/mol. The van der Waals surface area contributed by atoms with E-state index in [9.17, 15) is 0 Å². The average Bonchev–Trinajstić information content (AvgIpc) is 2.79. The van der Waals surface area contributed by atoms with Crippen molar-refractivity contribution >= 4 is 11.4 Å². The third-order valence-electron chi connectivity index (χ3n) is 5.73. The van der Waals surface area contributed by atoms with Crippen LogP contribution in [0.2, 0.25) is 0 Å². The Morgan fingerprint density at radius 1 is 0.633 bits per heavy atom. The van der Waals surface area contributed by atoms with Gasteiger partial charge in [0.05, 0.1) is 0 Å².